The second-order valence-electron chi connectivity index (χ2n) is 6.73. The standard InChI is InChI=1S/C16H22N2O4S2/c1-4-23(19,20)17-16-14-9-18(10-15(14)16)24(21,22)13-7-5-12(6-8-13)11(2)3/h4-8,11,14-17H,1,9-10H2,2-3H3/t14-,15+,16?. The van der Waals surface area contributed by atoms with Crippen LogP contribution in [0.25, 0.3) is 0 Å². The minimum absolute atomic E-state index is 0.0458. The van der Waals surface area contributed by atoms with E-state index in [0.29, 0.717) is 19.0 Å². The summed E-state index contributed by atoms with van der Waals surface area (Å²) in [4.78, 5) is 0.288. The van der Waals surface area contributed by atoms with Gasteiger partial charge in [-0.25, -0.2) is 21.6 Å². The van der Waals surface area contributed by atoms with Crippen LogP contribution in [0.3, 0.4) is 0 Å². The molecule has 1 heterocycles. The Bertz CT molecular complexity index is 833. The molecule has 1 saturated heterocycles. The van der Waals surface area contributed by atoms with E-state index in [0.717, 1.165) is 11.0 Å². The summed E-state index contributed by atoms with van der Waals surface area (Å²) in [6.45, 7) is 8.08. The SMILES string of the molecule is C=CS(=O)(=O)NC1[C@H]2CN(S(=O)(=O)c3ccc(C(C)C)cc3)C[C@@H]12. The minimum atomic E-state index is -3.52. The molecule has 1 N–H and O–H groups in total. The van der Waals surface area contributed by atoms with E-state index in [1.54, 1.807) is 12.1 Å². The quantitative estimate of drug-likeness (QED) is 0.822. The lowest BCUT2D eigenvalue weighted by atomic mass is 10.0. The highest BCUT2D eigenvalue weighted by atomic mass is 32.2. The number of nitrogens with zero attached hydrogens (tertiary/aromatic N) is 1. The lowest BCUT2D eigenvalue weighted by Crippen LogP contribution is -2.36. The van der Waals surface area contributed by atoms with Gasteiger partial charge in [-0.2, -0.15) is 4.31 Å². The molecular weight excluding hydrogens is 348 g/mol. The molecule has 132 valence electrons. The molecule has 3 atom stereocenters. The molecule has 8 heteroatoms. The van der Waals surface area contributed by atoms with E-state index in [9.17, 15) is 16.8 Å². The first-order valence-corrected chi connectivity index (χ1v) is 10.9. The van der Waals surface area contributed by atoms with E-state index >= 15 is 0 Å². The first kappa shape index (κ1) is 17.6. The summed E-state index contributed by atoms with van der Waals surface area (Å²) >= 11 is 0. The fourth-order valence-corrected chi connectivity index (χ4v) is 5.61. The van der Waals surface area contributed by atoms with Gasteiger partial charge < -0.3 is 0 Å². The largest absolute Gasteiger partial charge is 0.243 e. The lowest BCUT2D eigenvalue weighted by Gasteiger charge is -2.20. The van der Waals surface area contributed by atoms with Gasteiger partial charge in [0.15, 0.2) is 0 Å². The Balaban J connectivity index is 1.68. The predicted molar refractivity (Wildman–Crippen MR) is 92.3 cm³/mol. The van der Waals surface area contributed by atoms with Gasteiger partial charge in [-0.1, -0.05) is 32.6 Å². The summed E-state index contributed by atoms with van der Waals surface area (Å²) in [7, 11) is -6.99. The highest BCUT2D eigenvalue weighted by Gasteiger charge is 2.59. The molecule has 1 aliphatic carbocycles. The zero-order valence-electron chi connectivity index (χ0n) is 13.7. The topological polar surface area (TPSA) is 83.6 Å². The Morgan fingerprint density at radius 3 is 2.12 bits per heavy atom. The number of nitrogens with one attached hydrogen (secondary N) is 1. The Hall–Kier alpha value is -1.22. The van der Waals surface area contributed by atoms with Crippen LogP contribution in [0.4, 0.5) is 0 Å². The van der Waals surface area contributed by atoms with Gasteiger partial charge in [0.1, 0.15) is 0 Å². The average Bonchev–Trinajstić information content (AvgIpc) is 2.97. The molecule has 0 spiro atoms. The maximum Gasteiger partial charge on any atom is 0.243 e. The maximum atomic E-state index is 12.7. The molecule has 3 rings (SSSR count). The Kier molecular flexibility index (Phi) is 4.36. The molecule has 1 saturated carbocycles. The third-order valence-corrected chi connectivity index (χ3v) is 7.75. The molecule has 0 bridgehead atoms. The Labute approximate surface area is 143 Å². The van der Waals surface area contributed by atoms with Crippen LogP contribution in [0, 0.1) is 11.8 Å². The number of benzene rings is 1. The van der Waals surface area contributed by atoms with Crippen LogP contribution in [0.2, 0.25) is 0 Å². The first-order valence-electron chi connectivity index (χ1n) is 7.90. The number of rotatable bonds is 6. The second-order valence-corrected chi connectivity index (χ2v) is 10.3. The normalized spacial score (nSPS) is 27.2. The van der Waals surface area contributed by atoms with Crippen molar-refractivity contribution >= 4 is 20.0 Å². The molecule has 0 aromatic heterocycles. The van der Waals surface area contributed by atoms with Crippen LogP contribution >= 0.6 is 0 Å². The van der Waals surface area contributed by atoms with Crippen molar-refractivity contribution < 1.29 is 16.8 Å². The van der Waals surface area contributed by atoms with E-state index in [1.807, 2.05) is 12.1 Å². The second kappa shape index (κ2) is 5.94. The summed E-state index contributed by atoms with van der Waals surface area (Å²) in [5.74, 6) is 0.439. The van der Waals surface area contributed by atoms with Gasteiger partial charge in [0, 0.05) is 24.5 Å². The summed E-state index contributed by atoms with van der Waals surface area (Å²) in [6.07, 6.45) is 0. The molecule has 24 heavy (non-hydrogen) atoms. The van der Waals surface area contributed by atoms with Crippen molar-refractivity contribution in [1.29, 1.82) is 0 Å². The third-order valence-electron chi connectivity index (χ3n) is 4.86. The number of hydrogen-bond donors (Lipinski definition) is 1. The van der Waals surface area contributed by atoms with Crippen molar-refractivity contribution in [1.82, 2.24) is 9.03 Å². The molecule has 6 nitrogen and oxygen atoms in total. The van der Waals surface area contributed by atoms with Crippen molar-refractivity contribution in [3.63, 3.8) is 0 Å². The molecule has 0 amide bonds. The van der Waals surface area contributed by atoms with Crippen LogP contribution in [-0.4, -0.2) is 40.3 Å². The number of fused-ring (bicyclic) bond motifs is 1. The zero-order valence-corrected chi connectivity index (χ0v) is 15.3. The van der Waals surface area contributed by atoms with Crippen molar-refractivity contribution in [2.75, 3.05) is 13.1 Å². The van der Waals surface area contributed by atoms with Crippen molar-refractivity contribution in [2.24, 2.45) is 11.8 Å². The fraction of sp³-hybridized carbons (Fsp3) is 0.500. The number of piperidine rings is 1. The summed E-state index contributed by atoms with van der Waals surface area (Å²) < 4.78 is 52.4. The highest BCUT2D eigenvalue weighted by molar-refractivity contribution is 7.92. The Morgan fingerprint density at radius 1 is 1.12 bits per heavy atom. The van der Waals surface area contributed by atoms with Crippen LogP contribution < -0.4 is 4.72 Å². The zero-order chi connectivity index (χ0) is 17.7. The van der Waals surface area contributed by atoms with Crippen molar-refractivity contribution in [2.45, 2.75) is 30.7 Å². The van der Waals surface area contributed by atoms with Gasteiger partial charge in [-0.05, 0) is 35.4 Å². The smallest absolute Gasteiger partial charge is 0.208 e. The molecule has 1 aromatic carbocycles. The van der Waals surface area contributed by atoms with Gasteiger partial charge in [-0.3, -0.25) is 0 Å². The molecule has 1 aliphatic heterocycles. The van der Waals surface area contributed by atoms with Gasteiger partial charge in [0.25, 0.3) is 0 Å². The Morgan fingerprint density at radius 2 is 1.67 bits per heavy atom. The molecule has 1 unspecified atom stereocenters. The summed E-state index contributed by atoms with van der Waals surface area (Å²) in [5.41, 5.74) is 1.09. The van der Waals surface area contributed by atoms with E-state index in [1.165, 1.54) is 4.31 Å². The molecule has 0 radical (unpaired) electrons. The van der Waals surface area contributed by atoms with Crippen molar-refractivity contribution in [3.8, 4) is 0 Å². The van der Waals surface area contributed by atoms with E-state index in [-0.39, 0.29) is 22.8 Å². The fourth-order valence-electron chi connectivity index (χ4n) is 3.27. The van der Waals surface area contributed by atoms with Gasteiger partial charge >= 0.3 is 0 Å². The monoisotopic (exact) mass is 370 g/mol. The van der Waals surface area contributed by atoms with E-state index in [2.05, 4.69) is 25.1 Å². The first-order chi connectivity index (χ1) is 11.2. The van der Waals surface area contributed by atoms with Crippen molar-refractivity contribution in [3.05, 3.63) is 41.8 Å². The lowest BCUT2D eigenvalue weighted by molar-refractivity contribution is 0.426. The maximum absolute atomic E-state index is 12.7. The van der Waals surface area contributed by atoms with Crippen LogP contribution in [0.1, 0.15) is 25.3 Å². The van der Waals surface area contributed by atoms with Gasteiger partial charge in [0.2, 0.25) is 20.0 Å². The van der Waals surface area contributed by atoms with Crippen LogP contribution in [0.15, 0.2) is 41.1 Å². The molecular formula is C16H22N2O4S2. The molecule has 2 aliphatic rings. The van der Waals surface area contributed by atoms with E-state index in [4.69, 9.17) is 0 Å². The highest BCUT2D eigenvalue weighted by Crippen LogP contribution is 2.47. The average molecular weight is 370 g/mol. The van der Waals surface area contributed by atoms with Crippen LogP contribution in [-0.2, 0) is 20.0 Å². The van der Waals surface area contributed by atoms with E-state index < -0.39 is 20.0 Å². The van der Waals surface area contributed by atoms with Gasteiger partial charge in [-0.15, -0.1) is 0 Å². The molecule has 1 aromatic rings. The van der Waals surface area contributed by atoms with Crippen LogP contribution in [0.5, 0.6) is 0 Å². The predicted octanol–water partition coefficient (Wildman–Crippen LogP) is 1.49. The molecule has 2 fully saturated rings. The summed E-state index contributed by atoms with van der Waals surface area (Å²) in [5, 5.41) is 0.881. The third kappa shape index (κ3) is 3.15. The van der Waals surface area contributed by atoms with Gasteiger partial charge in [0.05, 0.1) is 4.90 Å². The number of hydrogen-bond acceptors (Lipinski definition) is 4. The summed E-state index contributed by atoms with van der Waals surface area (Å²) in [6, 6.07) is 6.80. The minimum Gasteiger partial charge on any atom is -0.208 e. The number of sulfonamides is 2.